The predicted molar refractivity (Wildman–Crippen MR) is 109 cm³/mol. The third kappa shape index (κ3) is 3.75. The lowest BCUT2D eigenvalue weighted by Crippen LogP contribution is -2.31. The lowest BCUT2D eigenvalue weighted by molar-refractivity contribution is -0.129. The van der Waals surface area contributed by atoms with Gasteiger partial charge in [-0.15, -0.1) is 0 Å². The number of primary amides is 1. The van der Waals surface area contributed by atoms with Gasteiger partial charge < -0.3 is 20.1 Å². The predicted octanol–water partition coefficient (Wildman–Crippen LogP) is 2.12. The molecule has 156 valence electrons. The number of benzene rings is 1. The fourth-order valence-corrected chi connectivity index (χ4v) is 4.28. The van der Waals surface area contributed by atoms with Crippen LogP contribution in [0.1, 0.15) is 30.6 Å². The summed E-state index contributed by atoms with van der Waals surface area (Å²) < 4.78 is 11.9. The number of pyridine rings is 1. The van der Waals surface area contributed by atoms with E-state index in [2.05, 4.69) is 4.98 Å². The van der Waals surface area contributed by atoms with Crippen LogP contribution in [0.15, 0.2) is 24.4 Å². The van der Waals surface area contributed by atoms with Crippen molar-refractivity contribution < 1.29 is 19.1 Å². The number of nitrogens with two attached hydrogens (primary N) is 1. The molecule has 1 saturated heterocycles. The standard InChI is InChI=1S/C22H24N4O4/c1-12(2)30-20-8-13-18(7-14(20)22(24)28)25-6-4-19(13)29-11-17-15-9-26(10-16(15)17)21(27)3-5-23/h4,6-8,12,15-17H,3,9-11H2,1-2H3,(H2,24,28)/t15-,16+,17?. The van der Waals surface area contributed by atoms with E-state index in [1.807, 2.05) is 19.9 Å². The van der Waals surface area contributed by atoms with Crippen LogP contribution >= 0.6 is 0 Å². The van der Waals surface area contributed by atoms with Gasteiger partial charge in [0.1, 0.15) is 17.9 Å². The Balaban J connectivity index is 1.47. The number of carbonyl (C=O) groups is 2. The molecule has 2 aliphatic rings. The number of hydrogen-bond acceptors (Lipinski definition) is 6. The number of rotatable bonds is 7. The summed E-state index contributed by atoms with van der Waals surface area (Å²) >= 11 is 0. The van der Waals surface area contributed by atoms with Crippen LogP contribution in [0.5, 0.6) is 11.5 Å². The highest BCUT2D eigenvalue weighted by Gasteiger charge is 2.56. The summed E-state index contributed by atoms with van der Waals surface area (Å²) in [5.41, 5.74) is 6.41. The summed E-state index contributed by atoms with van der Waals surface area (Å²) in [4.78, 5) is 29.8. The van der Waals surface area contributed by atoms with Crippen molar-refractivity contribution in [3.63, 3.8) is 0 Å². The number of likely N-dealkylation sites (tertiary alicyclic amines) is 1. The number of fused-ring (bicyclic) bond motifs is 2. The number of ether oxygens (including phenoxy) is 2. The molecule has 2 amide bonds. The first-order valence-electron chi connectivity index (χ1n) is 10.1. The summed E-state index contributed by atoms with van der Waals surface area (Å²) in [6.45, 7) is 5.71. The van der Waals surface area contributed by atoms with Crippen LogP contribution in [-0.2, 0) is 4.79 Å². The quantitative estimate of drug-likeness (QED) is 0.750. The van der Waals surface area contributed by atoms with Crippen LogP contribution in [0.3, 0.4) is 0 Å². The second kappa shape index (κ2) is 7.82. The lowest BCUT2D eigenvalue weighted by atomic mass is 10.1. The van der Waals surface area contributed by atoms with Gasteiger partial charge in [-0.05, 0) is 43.9 Å². The molecule has 2 fully saturated rings. The Kier molecular flexibility index (Phi) is 5.20. The topological polar surface area (TPSA) is 119 Å². The highest BCUT2D eigenvalue weighted by atomic mass is 16.5. The molecule has 1 saturated carbocycles. The molecule has 0 radical (unpaired) electrons. The maximum Gasteiger partial charge on any atom is 0.252 e. The van der Waals surface area contributed by atoms with Crippen LogP contribution < -0.4 is 15.2 Å². The summed E-state index contributed by atoms with van der Waals surface area (Å²) in [5.74, 6) is 1.69. The van der Waals surface area contributed by atoms with Crippen molar-refractivity contribution in [2.45, 2.75) is 26.4 Å². The molecule has 1 aliphatic heterocycles. The number of piperidine rings is 1. The molecule has 0 spiro atoms. The zero-order valence-corrected chi connectivity index (χ0v) is 17.0. The van der Waals surface area contributed by atoms with E-state index in [0.717, 1.165) is 5.39 Å². The molecule has 2 N–H and O–H groups in total. The molecule has 0 bridgehead atoms. The highest BCUT2D eigenvalue weighted by Crippen LogP contribution is 2.52. The molecule has 1 aliphatic carbocycles. The molecule has 2 heterocycles. The molecule has 1 aromatic carbocycles. The smallest absolute Gasteiger partial charge is 0.252 e. The second-order valence-corrected chi connectivity index (χ2v) is 8.14. The molecule has 8 nitrogen and oxygen atoms in total. The van der Waals surface area contributed by atoms with Gasteiger partial charge in [-0.2, -0.15) is 5.26 Å². The van der Waals surface area contributed by atoms with Crippen LogP contribution in [0.25, 0.3) is 10.9 Å². The molecule has 8 heteroatoms. The van der Waals surface area contributed by atoms with Crippen molar-refractivity contribution in [1.82, 2.24) is 9.88 Å². The summed E-state index contributed by atoms with van der Waals surface area (Å²) in [6.07, 6.45) is 1.47. The van der Waals surface area contributed by atoms with Gasteiger partial charge in [-0.3, -0.25) is 14.6 Å². The van der Waals surface area contributed by atoms with Crippen LogP contribution in [0.4, 0.5) is 0 Å². The minimum absolute atomic E-state index is 0.0579. The Morgan fingerprint density at radius 1 is 1.30 bits per heavy atom. The van der Waals surface area contributed by atoms with Gasteiger partial charge in [0.25, 0.3) is 5.91 Å². The number of amides is 2. The van der Waals surface area contributed by atoms with Crippen molar-refractivity contribution in [1.29, 1.82) is 5.26 Å². The van der Waals surface area contributed by atoms with Crippen molar-refractivity contribution in [3.8, 4) is 17.6 Å². The van der Waals surface area contributed by atoms with E-state index in [1.54, 1.807) is 29.3 Å². The highest BCUT2D eigenvalue weighted by molar-refractivity contribution is 6.01. The van der Waals surface area contributed by atoms with Gasteiger partial charge in [-0.1, -0.05) is 0 Å². The Bertz CT molecular complexity index is 1030. The second-order valence-electron chi connectivity index (χ2n) is 8.14. The molecule has 4 rings (SSSR count). The maximum absolute atomic E-state index is 11.8. The van der Waals surface area contributed by atoms with Crippen LogP contribution in [0, 0.1) is 29.1 Å². The van der Waals surface area contributed by atoms with Crippen molar-refractivity contribution in [2.24, 2.45) is 23.5 Å². The lowest BCUT2D eigenvalue weighted by Gasteiger charge is -2.19. The van der Waals surface area contributed by atoms with Crippen LogP contribution in [-0.4, -0.2) is 47.5 Å². The van der Waals surface area contributed by atoms with Crippen molar-refractivity contribution >= 4 is 22.7 Å². The number of carbonyl (C=O) groups excluding carboxylic acids is 2. The maximum atomic E-state index is 11.8. The molecular weight excluding hydrogens is 384 g/mol. The van der Waals surface area contributed by atoms with E-state index >= 15 is 0 Å². The minimum Gasteiger partial charge on any atom is -0.493 e. The normalized spacial score (nSPS) is 21.9. The molecule has 1 aromatic heterocycles. The molecule has 3 atom stereocenters. The van der Waals surface area contributed by atoms with Gasteiger partial charge >= 0.3 is 0 Å². The summed E-state index contributed by atoms with van der Waals surface area (Å²) in [5, 5.41) is 9.44. The van der Waals surface area contributed by atoms with Gasteiger partial charge in [0.2, 0.25) is 5.91 Å². The Labute approximate surface area is 174 Å². The van der Waals surface area contributed by atoms with E-state index in [4.69, 9.17) is 20.5 Å². The molecular formula is C22H24N4O4. The van der Waals surface area contributed by atoms with E-state index in [0.29, 0.717) is 60.0 Å². The Morgan fingerprint density at radius 3 is 2.67 bits per heavy atom. The fourth-order valence-electron chi connectivity index (χ4n) is 4.28. The number of hydrogen-bond donors (Lipinski definition) is 1. The van der Waals surface area contributed by atoms with Crippen LogP contribution in [0.2, 0.25) is 0 Å². The first-order chi connectivity index (χ1) is 14.4. The summed E-state index contributed by atoms with van der Waals surface area (Å²) in [6, 6.07) is 7.10. The van der Waals surface area contributed by atoms with E-state index in [1.165, 1.54) is 0 Å². The zero-order valence-electron chi connectivity index (χ0n) is 17.0. The average Bonchev–Trinajstić information content (AvgIpc) is 3.14. The third-order valence-electron chi connectivity index (χ3n) is 5.82. The Hall–Kier alpha value is -3.34. The van der Waals surface area contributed by atoms with Gasteiger partial charge in [0.05, 0.1) is 29.9 Å². The first kappa shape index (κ1) is 20.0. The van der Waals surface area contributed by atoms with E-state index in [9.17, 15) is 9.59 Å². The van der Waals surface area contributed by atoms with Gasteiger partial charge in [-0.25, -0.2) is 0 Å². The fraction of sp³-hybridized carbons (Fsp3) is 0.455. The molecule has 2 aromatic rings. The summed E-state index contributed by atoms with van der Waals surface area (Å²) in [7, 11) is 0. The zero-order chi connectivity index (χ0) is 21.4. The monoisotopic (exact) mass is 408 g/mol. The third-order valence-corrected chi connectivity index (χ3v) is 5.82. The van der Waals surface area contributed by atoms with E-state index < -0.39 is 5.91 Å². The van der Waals surface area contributed by atoms with Gasteiger partial charge in [0.15, 0.2) is 0 Å². The Morgan fingerprint density at radius 2 is 2.03 bits per heavy atom. The molecule has 30 heavy (non-hydrogen) atoms. The first-order valence-corrected chi connectivity index (χ1v) is 10.1. The number of aromatic nitrogens is 1. The minimum atomic E-state index is -0.568. The van der Waals surface area contributed by atoms with Gasteiger partial charge in [0, 0.05) is 30.6 Å². The molecule has 1 unspecified atom stereocenters. The number of nitriles is 1. The van der Waals surface area contributed by atoms with Crippen molar-refractivity contribution in [3.05, 3.63) is 30.0 Å². The SMILES string of the molecule is CC(C)Oc1cc2c(OCC3[C@H]4CN(C(=O)CC#N)C[C@@H]34)ccnc2cc1C(N)=O. The average molecular weight is 408 g/mol. The number of nitrogens with zero attached hydrogens (tertiary/aromatic N) is 3. The van der Waals surface area contributed by atoms with Crippen molar-refractivity contribution in [2.75, 3.05) is 19.7 Å². The largest absolute Gasteiger partial charge is 0.493 e. The van der Waals surface area contributed by atoms with E-state index in [-0.39, 0.29) is 18.4 Å².